The van der Waals surface area contributed by atoms with Gasteiger partial charge in [0, 0.05) is 12.3 Å². The van der Waals surface area contributed by atoms with Gasteiger partial charge < -0.3 is 4.52 Å². The minimum Gasteiger partial charge on any atom is -0.340 e. The van der Waals surface area contributed by atoms with Crippen LogP contribution in [0, 0.1) is 6.92 Å². The monoisotopic (exact) mass is 138 g/mol. The molecule has 1 saturated carbocycles. The molecule has 3 heteroatoms. The second-order valence-corrected chi connectivity index (χ2v) is 3.20. The first-order chi connectivity index (χ1) is 4.71. The van der Waals surface area contributed by atoms with E-state index in [1.807, 2.05) is 6.92 Å². The van der Waals surface area contributed by atoms with Gasteiger partial charge in [0.05, 0.1) is 0 Å². The Labute approximate surface area is 59.4 Å². The zero-order valence-electron chi connectivity index (χ0n) is 6.22. The number of rotatable bonds is 1. The third-order valence-electron chi connectivity index (χ3n) is 2.07. The topological polar surface area (TPSA) is 38.9 Å². The van der Waals surface area contributed by atoms with Gasteiger partial charge in [0.15, 0.2) is 5.82 Å². The fraction of sp³-hybridized carbons (Fsp3) is 0.714. The lowest BCUT2D eigenvalue weighted by atomic mass is 10.1. The van der Waals surface area contributed by atoms with Crippen LogP contribution in [0.15, 0.2) is 4.52 Å². The molecule has 0 atom stereocenters. The van der Waals surface area contributed by atoms with Gasteiger partial charge in [0.2, 0.25) is 5.89 Å². The second-order valence-electron chi connectivity index (χ2n) is 3.20. The van der Waals surface area contributed by atoms with Gasteiger partial charge in [-0.1, -0.05) is 12.1 Å². The molecule has 0 spiro atoms. The van der Waals surface area contributed by atoms with Crippen molar-refractivity contribution in [2.24, 2.45) is 0 Å². The van der Waals surface area contributed by atoms with Crippen LogP contribution in [0.1, 0.15) is 31.5 Å². The Kier molecular flexibility index (Phi) is 0.938. The zero-order valence-corrected chi connectivity index (χ0v) is 6.22. The Morgan fingerprint density at radius 2 is 2.20 bits per heavy atom. The highest BCUT2D eigenvalue weighted by molar-refractivity contribution is 5.13. The van der Waals surface area contributed by atoms with E-state index in [9.17, 15) is 0 Å². The van der Waals surface area contributed by atoms with Crippen LogP contribution in [0.5, 0.6) is 0 Å². The highest BCUT2D eigenvalue weighted by Gasteiger charge is 2.43. The number of hydrogen-bond donors (Lipinski definition) is 0. The van der Waals surface area contributed by atoms with Gasteiger partial charge in [-0.25, -0.2) is 0 Å². The third-order valence-corrected chi connectivity index (χ3v) is 2.07. The van der Waals surface area contributed by atoms with E-state index in [1.165, 1.54) is 12.8 Å². The van der Waals surface area contributed by atoms with Crippen LogP contribution in [-0.4, -0.2) is 10.1 Å². The maximum absolute atomic E-state index is 4.87. The quantitative estimate of drug-likeness (QED) is 0.589. The molecule has 0 bridgehead atoms. The summed E-state index contributed by atoms with van der Waals surface area (Å²) in [5.41, 5.74) is 0.248. The lowest BCUT2D eigenvalue weighted by Crippen LogP contribution is -2.01. The van der Waals surface area contributed by atoms with Crippen LogP contribution in [0.2, 0.25) is 0 Å². The summed E-state index contributed by atoms with van der Waals surface area (Å²) in [7, 11) is 0. The fourth-order valence-corrected chi connectivity index (χ4v) is 0.956. The van der Waals surface area contributed by atoms with Gasteiger partial charge in [-0.15, -0.1) is 0 Å². The van der Waals surface area contributed by atoms with Gasteiger partial charge in [0.25, 0.3) is 0 Å². The highest BCUT2D eigenvalue weighted by atomic mass is 16.5. The first-order valence-corrected chi connectivity index (χ1v) is 3.51. The highest BCUT2D eigenvalue weighted by Crippen LogP contribution is 2.45. The molecule has 2 rings (SSSR count). The van der Waals surface area contributed by atoms with E-state index in [-0.39, 0.29) is 5.41 Å². The summed E-state index contributed by atoms with van der Waals surface area (Å²) in [4.78, 5) is 4.17. The SMILES string of the molecule is Cc1nc(C2(C)CC2)no1. The average molecular weight is 138 g/mol. The van der Waals surface area contributed by atoms with E-state index in [4.69, 9.17) is 4.52 Å². The van der Waals surface area contributed by atoms with Crippen LogP contribution < -0.4 is 0 Å². The Morgan fingerprint density at radius 3 is 2.60 bits per heavy atom. The van der Waals surface area contributed by atoms with Crippen molar-refractivity contribution in [3.63, 3.8) is 0 Å². The summed E-state index contributed by atoms with van der Waals surface area (Å²) in [5.74, 6) is 1.55. The van der Waals surface area contributed by atoms with E-state index in [1.54, 1.807) is 0 Å². The predicted molar refractivity (Wildman–Crippen MR) is 35.6 cm³/mol. The molecular formula is C7H10N2O. The minimum absolute atomic E-state index is 0.248. The Hall–Kier alpha value is -0.860. The molecule has 54 valence electrons. The molecule has 1 aliphatic carbocycles. The van der Waals surface area contributed by atoms with Crippen LogP contribution >= 0.6 is 0 Å². The van der Waals surface area contributed by atoms with Gasteiger partial charge in [-0.2, -0.15) is 4.98 Å². The van der Waals surface area contributed by atoms with Gasteiger partial charge >= 0.3 is 0 Å². The maximum Gasteiger partial charge on any atom is 0.223 e. The second kappa shape index (κ2) is 1.59. The minimum atomic E-state index is 0.248. The van der Waals surface area contributed by atoms with Crippen LogP contribution in [-0.2, 0) is 5.41 Å². The molecule has 1 aromatic heterocycles. The van der Waals surface area contributed by atoms with Gasteiger partial charge in [-0.05, 0) is 12.8 Å². The Morgan fingerprint density at radius 1 is 1.50 bits per heavy atom. The molecule has 10 heavy (non-hydrogen) atoms. The Bertz CT molecular complexity index is 250. The molecule has 0 N–H and O–H groups in total. The summed E-state index contributed by atoms with van der Waals surface area (Å²) in [5, 5.41) is 3.86. The molecule has 0 unspecified atom stereocenters. The summed E-state index contributed by atoms with van der Waals surface area (Å²) < 4.78 is 4.87. The number of hydrogen-bond acceptors (Lipinski definition) is 3. The predicted octanol–water partition coefficient (Wildman–Crippen LogP) is 1.43. The number of nitrogens with zero attached hydrogens (tertiary/aromatic N) is 2. The summed E-state index contributed by atoms with van der Waals surface area (Å²) in [6.45, 7) is 3.99. The zero-order chi connectivity index (χ0) is 7.19. The maximum atomic E-state index is 4.87. The van der Waals surface area contributed by atoms with Gasteiger partial charge in [0.1, 0.15) is 0 Å². The largest absolute Gasteiger partial charge is 0.340 e. The van der Waals surface area contributed by atoms with Crippen molar-refractivity contribution in [3.8, 4) is 0 Å². The van der Waals surface area contributed by atoms with Crippen molar-refractivity contribution in [3.05, 3.63) is 11.7 Å². The molecule has 0 radical (unpaired) electrons. The van der Waals surface area contributed by atoms with E-state index in [2.05, 4.69) is 17.1 Å². The molecule has 1 aliphatic rings. The number of aromatic nitrogens is 2. The number of aryl methyl sites for hydroxylation is 1. The van der Waals surface area contributed by atoms with E-state index in [0.717, 1.165) is 5.82 Å². The van der Waals surface area contributed by atoms with Crippen molar-refractivity contribution in [1.29, 1.82) is 0 Å². The molecule has 0 amide bonds. The molecule has 0 aliphatic heterocycles. The van der Waals surface area contributed by atoms with Crippen LogP contribution in [0.3, 0.4) is 0 Å². The smallest absolute Gasteiger partial charge is 0.223 e. The van der Waals surface area contributed by atoms with Crippen molar-refractivity contribution in [2.75, 3.05) is 0 Å². The standard InChI is InChI=1S/C7H10N2O/c1-5-8-6(9-10-5)7(2)3-4-7/h3-4H2,1-2H3. The molecule has 0 aromatic carbocycles. The normalized spacial score (nSPS) is 21.0. The van der Waals surface area contributed by atoms with Crippen molar-refractivity contribution < 1.29 is 4.52 Å². The fourth-order valence-electron chi connectivity index (χ4n) is 0.956. The average Bonchev–Trinajstić information content (AvgIpc) is 2.45. The molecule has 1 fully saturated rings. The van der Waals surface area contributed by atoms with Crippen molar-refractivity contribution >= 4 is 0 Å². The summed E-state index contributed by atoms with van der Waals surface area (Å²) >= 11 is 0. The van der Waals surface area contributed by atoms with Gasteiger partial charge in [-0.3, -0.25) is 0 Å². The Balaban J connectivity index is 2.34. The molecule has 3 nitrogen and oxygen atoms in total. The van der Waals surface area contributed by atoms with E-state index >= 15 is 0 Å². The third kappa shape index (κ3) is 0.735. The van der Waals surface area contributed by atoms with Crippen LogP contribution in [0.25, 0.3) is 0 Å². The first kappa shape index (κ1) is 5.89. The van der Waals surface area contributed by atoms with Crippen molar-refractivity contribution in [2.45, 2.75) is 32.1 Å². The molecule has 1 aromatic rings. The lowest BCUT2D eigenvalue weighted by Gasteiger charge is -1.96. The lowest BCUT2D eigenvalue weighted by molar-refractivity contribution is 0.383. The summed E-state index contributed by atoms with van der Waals surface area (Å²) in [6, 6.07) is 0. The van der Waals surface area contributed by atoms with E-state index in [0.29, 0.717) is 5.89 Å². The van der Waals surface area contributed by atoms with Crippen molar-refractivity contribution in [1.82, 2.24) is 10.1 Å². The van der Waals surface area contributed by atoms with E-state index < -0.39 is 0 Å². The van der Waals surface area contributed by atoms with Crippen LogP contribution in [0.4, 0.5) is 0 Å². The first-order valence-electron chi connectivity index (χ1n) is 3.51. The molecule has 0 saturated heterocycles. The molecular weight excluding hydrogens is 128 g/mol. The molecule has 1 heterocycles. The summed E-state index contributed by atoms with van der Waals surface area (Å²) in [6.07, 6.45) is 2.40.